The minimum absolute atomic E-state index is 0. The zero-order chi connectivity index (χ0) is 14.7. The van der Waals surface area contributed by atoms with E-state index < -0.39 is 0 Å². The molecule has 6 heteroatoms. The number of nitrogens with one attached hydrogen (secondary N) is 2. The first-order chi connectivity index (χ1) is 10.2. The van der Waals surface area contributed by atoms with Crippen molar-refractivity contribution in [3.8, 4) is 0 Å². The van der Waals surface area contributed by atoms with Crippen LogP contribution in [0.2, 0.25) is 0 Å². The molecule has 1 aliphatic heterocycles. The molecule has 0 radical (unpaired) electrons. The standard InChI is InChI=1S/C16H16BrN3O.ClH/c17-14-4-2-1-3-11(14)8-16(21)20-13-7-12-9-18-6-5-15(12)19-10-13;/h1-4,7,10,18H,5-6,8-9H2,(H,20,21);1H. The molecule has 2 heterocycles. The molecular formula is C16H17BrClN3O. The number of aromatic nitrogens is 1. The van der Waals surface area contributed by atoms with Gasteiger partial charge in [-0.1, -0.05) is 34.1 Å². The van der Waals surface area contributed by atoms with Gasteiger partial charge in [-0.15, -0.1) is 12.4 Å². The summed E-state index contributed by atoms with van der Waals surface area (Å²) in [6.45, 7) is 1.78. The molecule has 116 valence electrons. The maximum absolute atomic E-state index is 12.1. The van der Waals surface area contributed by atoms with Crippen LogP contribution in [0.3, 0.4) is 0 Å². The lowest BCUT2D eigenvalue weighted by molar-refractivity contribution is -0.115. The van der Waals surface area contributed by atoms with Gasteiger partial charge in [-0.25, -0.2) is 0 Å². The molecule has 2 aromatic rings. The van der Waals surface area contributed by atoms with Gasteiger partial charge in [-0.3, -0.25) is 9.78 Å². The van der Waals surface area contributed by atoms with Gasteiger partial charge in [0.2, 0.25) is 5.91 Å². The molecule has 0 bridgehead atoms. The molecule has 0 fully saturated rings. The van der Waals surface area contributed by atoms with E-state index in [2.05, 4.69) is 31.5 Å². The Labute approximate surface area is 144 Å². The minimum atomic E-state index is -0.0348. The predicted octanol–water partition coefficient (Wildman–Crippen LogP) is 3.09. The van der Waals surface area contributed by atoms with Crippen molar-refractivity contribution < 1.29 is 4.79 Å². The molecule has 2 N–H and O–H groups in total. The van der Waals surface area contributed by atoms with Crippen molar-refractivity contribution in [3.05, 3.63) is 57.8 Å². The van der Waals surface area contributed by atoms with Crippen LogP contribution in [-0.2, 0) is 24.2 Å². The average molecular weight is 383 g/mol. The van der Waals surface area contributed by atoms with Crippen LogP contribution < -0.4 is 10.6 Å². The van der Waals surface area contributed by atoms with Gasteiger partial charge in [0.15, 0.2) is 0 Å². The first kappa shape index (κ1) is 16.9. The number of pyridine rings is 1. The van der Waals surface area contributed by atoms with Crippen molar-refractivity contribution in [2.75, 3.05) is 11.9 Å². The maximum Gasteiger partial charge on any atom is 0.228 e. The molecule has 1 aliphatic rings. The van der Waals surface area contributed by atoms with Gasteiger partial charge < -0.3 is 10.6 Å². The van der Waals surface area contributed by atoms with E-state index in [4.69, 9.17) is 0 Å². The summed E-state index contributed by atoms with van der Waals surface area (Å²) in [4.78, 5) is 16.6. The molecule has 3 rings (SSSR count). The van der Waals surface area contributed by atoms with E-state index in [1.54, 1.807) is 6.20 Å². The number of rotatable bonds is 3. The summed E-state index contributed by atoms with van der Waals surface area (Å²) in [7, 11) is 0. The Hall–Kier alpha value is -1.43. The van der Waals surface area contributed by atoms with E-state index in [9.17, 15) is 4.79 Å². The smallest absolute Gasteiger partial charge is 0.228 e. The van der Waals surface area contributed by atoms with Crippen molar-refractivity contribution in [2.24, 2.45) is 0 Å². The van der Waals surface area contributed by atoms with Gasteiger partial charge in [0.1, 0.15) is 0 Å². The fraction of sp³-hybridized carbons (Fsp3) is 0.250. The number of carbonyl (C=O) groups is 1. The van der Waals surface area contributed by atoms with Crippen molar-refractivity contribution in [2.45, 2.75) is 19.4 Å². The normalized spacial score (nSPS) is 13.0. The number of anilines is 1. The Kier molecular flexibility index (Phi) is 5.94. The van der Waals surface area contributed by atoms with Crippen molar-refractivity contribution in [1.29, 1.82) is 0 Å². The molecule has 0 saturated carbocycles. The number of benzene rings is 1. The van der Waals surface area contributed by atoms with Gasteiger partial charge in [-0.05, 0) is 23.3 Å². The molecular weight excluding hydrogens is 366 g/mol. The summed E-state index contributed by atoms with van der Waals surface area (Å²) in [6.07, 6.45) is 3.03. The molecule has 22 heavy (non-hydrogen) atoms. The van der Waals surface area contributed by atoms with Gasteiger partial charge in [0.05, 0.1) is 18.3 Å². The van der Waals surface area contributed by atoms with Crippen LogP contribution in [-0.4, -0.2) is 17.4 Å². The zero-order valence-electron chi connectivity index (χ0n) is 11.9. The van der Waals surface area contributed by atoms with E-state index in [0.29, 0.717) is 6.42 Å². The predicted molar refractivity (Wildman–Crippen MR) is 93.4 cm³/mol. The number of fused-ring (bicyclic) bond motifs is 1. The lowest BCUT2D eigenvalue weighted by Gasteiger charge is -2.17. The number of amides is 1. The lowest BCUT2D eigenvalue weighted by Crippen LogP contribution is -2.25. The van der Waals surface area contributed by atoms with E-state index >= 15 is 0 Å². The highest BCUT2D eigenvalue weighted by atomic mass is 79.9. The van der Waals surface area contributed by atoms with Crippen LogP contribution in [0.5, 0.6) is 0 Å². The topological polar surface area (TPSA) is 54.0 Å². The quantitative estimate of drug-likeness (QED) is 0.858. The molecule has 0 unspecified atom stereocenters. The molecule has 1 amide bonds. The first-order valence-electron chi connectivity index (χ1n) is 6.94. The average Bonchev–Trinajstić information content (AvgIpc) is 2.49. The number of halogens is 2. The fourth-order valence-electron chi connectivity index (χ4n) is 2.43. The summed E-state index contributed by atoms with van der Waals surface area (Å²) >= 11 is 3.46. The van der Waals surface area contributed by atoms with Gasteiger partial charge in [-0.2, -0.15) is 0 Å². The maximum atomic E-state index is 12.1. The Balaban J connectivity index is 0.00000176. The second-order valence-electron chi connectivity index (χ2n) is 5.07. The molecule has 0 atom stereocenters. The summed E-state index contributed by atoms with van der Waals surface area (Å²) in [5.74, 6) is -0.0348. The summed E-state index contributed by atoms with van der Waals surface area (Å²) < 4.78 is 0.952. The van der Waals surface area contributed by atoms with Crippen LogP contribution in [0.4, 0.5) is 5.69 Å². The van der Waals surface area contributed by atoms with Crippen molar-refractivity contribution >= 4 is 39.9 Å². The molecule has 0 saturated heterocycles. The van der Waals surface area contributed by atoms with Crippen molar-refractivity contribution in [1.82, 2.24) is 10.3 Å². The second kappa shape index (κ2) is 7.72. The third-order valence-electron chi connectivity index (χ3n) is 3.51. The molecule has 4 nitrogen and oxygen atoms in total. The summed E-state index contributed by atoms with van der Waals surface area (Å²) in [5, 5.41) is 6.23. The highest BCUT2D eigenvalue weighted by molar-refractivity contribution is 9.10. The number of nitrogens with zero attached hydrogens (tertiary/aromatic N) is 1. The zero-order valence-corrected chi connectivity index (χ0v) is 14.3. The van der Waals surface area contributed by atoms with E-state index in [1.165, 1.54) is 5.56 Å². The van der Waals surface area contributed by atoms with Crippen molar-refractivity contribution in [3.63, 3.8) is 0 Å². The van der Waals surface area contributed by atoms with Crippen LogP contribution in [0, 0.1) is 0 Å². The highest BCUT2D eigenvalue weighted by Crippen LogP contribution is 2.19. The van der Waals surface area contributed by atoms with Gasteiger partial charge in [0.25, 0.3) is 0 Å². The SMILES string of the molecule is Cl.O=C(Cc1ccccc1Br)Nc1cnc2c(c1)CNCC2. The Morgan fingerprint density at radius 3 is 3.00 bits per heavy atom. The first-order valence-corrected chi connectivity index (χ1v) is 7.73. The van der Waals surface area contributed by atoms with E-state index in [0.717, 1.165) is 40.9 Å². The van der Waals surface area contributed by atoms with Gasteiger partial charge in [0, 0.05) is 29.7 Å². The number of carbonyl (C=O) groups excluding carboxylic acids is 1. The monoisotopic (exact) mass is 381 g/mol. The third kappa shape index (κ3) is 4.06. The molecule has 0 aliphatic carbocycles. The number of hydrogen-bond acceptors (Lipinski definition) is 3. The van der Waals surface area contributed by atoms with Crippen LogP contribution >= 0.6 is 28.3 Å². The number of hydrogen-bond donors (Lipinski definition) is 2. The minimum Gasteiger partial charge on any atom is -0.324 e. The van der Waals surface area contributed by atoms with E-state index in [-0.39, 0.29) is 18.3 Å². The van der Waals surface area contributed by atoms with Crippen LogP contribution in [0.1, 0.15) is 16.8 Å². The molecule has 0 spiro atoms. The largest absolute Gasteiger partial charge is 0.324 e. The van der Waals surface area contributed by atoms with Crippen LogP contribution in [0.15, 0.2) is 41.0 Å². The Morgan fingerprint density at radius 1 is 1.36 bits per heavy atom. The van der Waals surface area contributed by atoms with Gasteiger partial charge >= 0.3 is 0 Å². The molecule has 1 aromatic heterocycles. The third-order valence-corrected chi connectivity index (χ3v) is 4.28. The Bertz CT molecular complexity index is 678. The Morgan fingerprint density at radius 2 is 2.18 bits per heavy atom. The molecule has 1 aromatic carbocycles. The second-order valence-corrected chi connectivity index (χ2v) is 5.93. The van der Waals surface area contributed by atoms with E-state index in [1.807, 2.05) is 30.3 Å². The lowest BCUT2D eigenvalue weighted by atomic mass is 10.1. The summed E-state index contributed by atoms with van der Waals surface area (Å²) in [6, 6.07) is 9.76. The van der Waals surface area contributed by atoms with Crippen LogP contribution in [0.25, 0.3) is 0 Å². The highest BCUT2D eigenvalue weighted by Gasteiger charge is 2.12. The summed E-state index contributed by atoms with van der Waals surface area (Å²) in [5.41, 5.74) is 4.02. The fourth-order valence-corrected chi connectivity index (χ4v) is 2.86.